The zero-order chi connectivity index (χ0) is 13.0. The summed E-state index contributed by atoms with van der Waals surface area (Å²) in [5.41, 5.74) is 0.870. The van der Waals surface area contributed by atoms with Crippen LogP contribution >= 0.6 is 0 Å². The molecule has 0 fully saturated rings. The first-order valence-corrected chi connectivity index (χ1v) is 6.52. The Morgan fingerprint density at radius 1 is 1.33 bits per heavy atom. The van der Waals surface area contributed by atoms with Crippen LogP contribution in [-0.2, 0) is 0 Å². The van der Waals surface area contributed by atoms with Gasteiger partial charge in [-0.05, 0) is 26.1 Å². The average Bonchev–Trinajstić information content (AvgIpc) is 2.83. The third-order valence-corrected chi connectivity index (χ3v) is 3.08. The van der Waals surface area contributed by atoms with Crippen molar-refractivity contribution in [3.05, 3.63) is 24.5 Å². The van der Waals surface area contributed by atoms with Crippen LogP contribution in [0.3, 0.4) is 0 Å². The zero-order valence-electron chi connectivity index (χ0n) is 11.3. The van der Waals surface area contributed by atoms with Crippen LogP contribution in [-0.4, -0.2) is 45.2 Å². The summed E-state index contributed by atoms with van der Waals surface area (Å²) in [5.74, 6) is 0.905. The van der Waals surface area contributed by atoms with Crippen LogP contribution in [0, 0.1) is 0 Å². The Hall–Kier alpha value is -1.62. The molecule has 0 aromatic carbocycles. The van der Waals surface area contributed by atoms with Crippen LogP contribution in [0.1, 0.15) is 20.8 Å². The van der Waals surface area contributed by atoms with Crippen LogP contribution in [0.15, 0.2) is 24.5 Å². The van der Waals surface area contributed by atoms with Crippen molar-refractivity contribution in [1.29, 1.82) is 0 Å². The largest absolute Gasteiger partial charge is 0.366 e. The van der Waals surface area contributed by atoms with E-state index in [1.807, 2.05) is 18.3 Å². The molecule has 2 rings (SSSR count). The van der Waals surface area contributed by atoms with Gasteiger partial charge in [0.1, 0.15) is 5.82 Å². The molecule has 0 radical (unpaired) electrons. The molecule has 0 amide bonds. The standard InChI is InChI=1S/C13H21N5/c1-4-17(5-2)10-11(3)15-12-7-9-18-13(16-12)6-8-14-18/h6-9,11H,4-5,10H2,1-3H3,(H,15,16). The molecule has 5 nitrogen and oxygen atoms in total. The van der Waals surface area contributed by atoms with E-state index < -0.39 is 0 Å². The second-order valence-electron chi connectivity index (χ2n) is 4.48. The monoisotopic (exact) mass is 247 g/mol. The van der Waals surface area contributed by atoms with Gasteiger partial charge in [0.05, 0.1) is 6.20 Å². The number of nitrogens with one attached hydrogen (secondary N) is 1. The molecule has 2 aromatic rings. The first-order valence-electron chi connectivity index (χ1n) is 6.52. The number of aromatic nitrogens is 3. The van der Waals surface area contributed by atoms with Crippen molar-refractivity contribution in [2.75, 3.05) is 25.0 Å². The van der Waals surface area contributed by atoms with E-state index in [1.165, 1.54) is 0 Å². The highest BCUT2D eigenvalue weighted by atomic mass is 15.2. The molecule has 2 aromatic heterocycles. The Kier molecular flexibility index (Phi) is 4.15. The minimum absolute atomic E-state index is 0.378. The molecule has 0 aliphatic heterocycles. The summed E-state index contributed by atoms with van der Waals surface area (Å²) in [6, 6.07) is 4.24. The summed E-state index contributed by atoms with van der Waals surface area (Å²) in [7, 11) is 0. The Morgan fingerprint density at radius 3 is 2.83 bits per heavy atom. The molecule has 0 spiro atoms. The van der Waals surface area contributed by atoms with Gasteiger partial charge in [-0.15, -0.1) is 0 Å². The normalized spacial score (nSPS) is 13.1. The van der Waals surface area contributed by atoms with E-state index in [0.29, 0.717) is 6.04 Å². The maximum Gasteiger partial charge on any atom is 0.157 e. The predicted octanol–water partition coefficient (Wildman–Crippen LogP) is 1.87. The summed E-state index contributed by atoms with van der Waals surface area (Å²) in [6.45, 7) is 9.74. The van der Waals surface area contributed by atoms with E-state index >= 15 is 0 Å². The fourth-order valence-corrected chi connectivity index (χ4v) is 2.06. The molecule has 18 heavy (non-hydrogen) atoms. The Bertz CT molecular complexity index is 489. The maximum atomic E-state index is 4.50. The van der Waals surface area contributed by atoms with Gasteiger partial charge in [-0.1, -0.05) is 13.8 Å². The fraction of sp³-hybridized carbons (Fsp3) is 0.538. The van der Waals surface area contributed by atoms with Crippen molar-refractivity contribution >= 4 is 11.5 Å². The molecule has 0 saturated heterocycles. The van der Waals surface area contributed by atoms with E-state index in [9.17, 15) is 0 Å². The van der Waals surface area contributed by atoms with Crippen molar-refractivity contribution < 1.29 is 0 Å². The summed E-state index contributed by atoms with van der Waals surface area (Å²) >= 11 is 0. The highest BCUT2D eigenvalue weighted by Crippen LogP contribution is 2.07. The lowest BCUT2D eigenvalue weighted by Gasteiger charge is -2.23. The van der Waals surface area contributed by atoms with E-state index in [1.54, 1.807) is 10.7 Å². The van der Waals surface area contributed by atoms with Crippen molar-refractivity contribution in [3.63, 3.8) is 0 Å². The van der Waals surface area contributed by atoms with Crippen molar-refractivity contribution in [2.24, 2.45) is 0 Å². The number of fused-ring (bicyclic) bond motifs is 1. The topological polar surface area (TPSA) is 45.5 Å². The Morgan fingerprint density at radius 2 is 2.11 bits per heavy atom. The molecule has 2 heterocycles. The van der Waals surface area contributed by atoms with Gasteiger partial charge in [-0.25, -0.2) is 9.50 Å². The van der Waals surface area contributed by atoms with Crippen LogP contribution in [0.2, 0.25) is 0 Å². The number of nitrogens with zero attached hydrogens (tertiary/aromatic N) is 4. The number of hydrogen-bond donors (Lipinski definition) is 1. The molecule has 0 bridgehead atoms. The number of likely N-dealkylation sites (N-methyl/N-ethyl adjacent to an activating group) is 1. The molecule has 1 N–H and O–H groups in total. The molecular formula is C13H21N5. The van der Waals surface area contributed by atoms with Crippen LogP contribution in [0.4, 0.5) is 5.82 Å². The van der Waals surface area contributed by atoms with Gasteiger partial charge < -0.3 is 10.2 Å². The van der Waals surface area contributed by atoms with Crippen LogP contribution < -0.4 is 5.32 Å². The summed E-state index contributed by atoms with van der Waals surface area (Å²) < 4.78 is 1.76. The molecule has 0 aliphatic carbocycles. The molecule has 98 valence electrons. The highest BCUT2D eigenvalue weighted by molar-refractivity contribution is 5.45. The molecule has 5 heteroatoms. The summed E-state index contributed by atoms with van der Waals surface area (Å²) in [5, 5.41) is 7.56. The van der Waals surface area contributed by atoms with Gasteiger partial charge in [0.15, 0.2) is 5.65 Å². The van der Waals surface area contributed by atoms with Crippen molar-refractivity contribution in [2.45, 2.75) is 26.8 Å². The first kappa shape index (κ1) is 12.8. The lowest BCUT2D eigenvalue weighted by Crippen LogP contribution is -2.34. The Balaban J connectivity index is 1.99. The number of anilines is 1. The smallest absolute Gasteiger partial charge is 0.157 e. The van der Waals surface area contributed by atoms with Gasteiger partial charge in [0, 0.05) is 24.8 Å². The minimum atomic E-state index is 0.378. The summed E-state index contributed by atoms with van der Waals surface area (Å²) in [6.07, 6.45) is 3.68. The van der Waals surface area contributed by atoms with E-state index in [4.69, 9.17) is 0 Å². The van der Waals surface area contributed by atoms with Crippen LogP contribution in [0.25, 0.3) is 5.65 Å². The molecule has 0 aliphatic rings. The van der Waals surface area contributed by atoms with Crippen LogP contribution in [0.5, 0.6) is 0 Å². The quantitative estimate of drug-likeness (QED) is 0.846. The van der Waals surface area contributed by atoms with Gasteiger partial charge in [0.25, 0.3) is 0 Å². The van der Waals surface area contributed by atoms with E-state index in [-0.39, 0.29) is 0 Å². The zero-order valence-corrected chi connectivity index (χ0v) is 11.3. The average molecular weight is 247 g/mol. The van der Waals surface area contributed by atoms with E-state index in [0.717, 1.165) is 31.1 Å². The second-order valence-corrected chi connectivity index (χ2v) is 4.48. The third kappa shape index (κ3) is 2.98. The number of rotatable bonds is 6. The SMILES string of the molecule is CCN(CC)CC(C)Nc1ccn2nccc2n1. The molecule has 1 atom stereocenters. The number of hydrogen-bond acceptors (Lipinski definition) is 4. The van der Waals surface area contributed by atoms with Gasteiger partial charge in [0.2, 0.25) is 0 Å². The molecule has 0 saturated carbocycles. The van der Waals surface area contributed by atoms with Gasteiger partial charge in [-0.2, -0.15) is 5.10 Å². The minimum Gasteiger partial charge on any atom is -0.366 e. The lowest BCUT2D eigenvalue weighted by atomic mass is 10.3. The third-order valence-electron chi connectivity index (χ3n) is 3.08. The fourth-order valence-electron chi connectivity index (χ4n) is 2.06. The van der Waals surface area contributed by atoms with Crippen molar-refractivity contribution in [3.8, 4) is 0 Å². The van der Waals surface area contributed by atoms with Crippen molar-refractivity contribution in [1.82, 2.24) is 19.5 Å². The van der Waals surface area contributed by atoms with Gasteiger partial charge >= 0.3 is 0 Å². The second kappa shape index (κ2) is 5.82. The predicted molar refractivity (Wildman–Crippen MR) is 73.9 cm³/mol. The lowest BCUT2D eigenvalue weighted by molar-refractivity contribution is 0.294. The Labute approximate surface area is 108 Å². The highest BCUT2D eigenvalue weighted by Gasteiger charge is 2.08. The molecule has 1 unspecified atom stereocenters. The van der Waals surface area contributed by atoms with Gasteiger partial charge in [-0.3, -0.25) is 0 Å². The first-order chi connectivity index (χ1) is 8.72. The maximum absolute atomic E-state index is 4.50. The molecular weight excluding hydrogens is 226 g/mol. The van der Waals surface area contributed by atoms with E-state index in [2.05, 4.69) is 41.1 Å². The summed E-state index contributed by atoms with van der Waals surface area (Å²) in [4.78, 5) is 6.90.